The van der Waals surface area contributed by atoms with Crippen LogP contribution >= 0.6 is 11.6 Å². The third-order valence-electron chi connectivity index (χ3n) is 1.08. The number of halogens is 1. The van der Waals surface area contributed by atoms with E-state index in [4.69, 9.17) is 11.6 Å². The Kier molecular flexibility index (Phi) is 11.3. The van der Waals surface area contributed by atoms with Crippen LogP contribution in [0.1, 0.15) is 20.8 Å². The van der Waals surface area contributed by atoms with Crippen molar-refractivity contribution in [2.24, 2.45) is 0 Å². The monoisotopic (exact) mass is 172 g/mol. The minimum atomic E-state index is 0.139. The minimum Gasteiger partial charge on any atom is -0.119 e. The summed E-state index contributed by atoms with van der Waals surface area (Å²) in [5.41, 5.74) is 1.25. The average molecular weight is 173 g/mol. The van der Waals surface area contributed by atoms with E-state index in [1.807, 2.05) is 26.0 Å². The molecule has 0 aromatic heterocycles. The second-order valence-electron chi connectivity index (χ2n) is 2.07. The van der Waals surface area contributed by atoms with E-state index < -0.39 is 0 Å². The molecule has 0 aliphatic rings. The average Bonchev–Trinajstić information content (AvgIpc) is 2.04. The predicted octanol–water partition coefficient (Wildman–Crippen LogP) is 3.94. The second-order valence-corrected chi connectivity index (χ2v) is 2.76. The Bertz CT molecular complexity index is 132. The quantitative estimate of drug-likeness (QED) is 0.336. The van der Waals surface area contributed by atoms with Crippen LogP contribution in [0.5, 0.6) is 0 Å². The first kappa shape index (κ1) is 13.1. The zero-order chi connectivity index (χ0) is 9.28. The van der Waals surface area contributed by atoms with Crippen LogP contribution in [-0.4, -0.2) is 5.38 Å². The van der Waals surface area contributed by atoms with E-state index in [1.54, 1.807) is 0 Å². The molecular formula is C10H17Cl. The van der Waals surface area contributed by atoms with Crippen molar-refractivity contribution in [2.45, 2.75) is 26.1 Å². The number of hydrogen-bond acceptors (Lipinski definition) is 0. The van der Waals surface area contributed by atoms with Crippen molar-refractivity contribution in [1.82, 2.24) is 0 Å². The summed E-state index contributed by atoms with van der Waals surface area (Å²) >= 11 is 5.66. The lowest BCUT2D eigenvalue weighted by atomic mass is 10.2. The molecule has 1 unspecified atom stereocenters. The van der Waals surface area contributed by atoms with Gasteiger partial charge in [-0.25, -0.2) is 0 Å². The molecule has 0 aliphatic heterocycles. The van der Waals surface area contributed by atoms with Gasteiger partial charge in [-0.05, 0) is 20.8 Å². The highest BCUT2D eigenvalue weighted by molar-refractivity contribution is 6.21. The molecule has 0 N–H and O–H groups in total. The highest BCUT2D eigenvalue weighted by Gasteiger charge is 1.84. The molecule has 0 fully saturated rings. The van der Waals surface area contributed by atoms with Crippen molar-refractivity contribution >= 4 is 11.6 Å². The summed E-state index contributed by atoms with van der Waals surface area (Å²) < 4.78 is 0. The summed E-state index contributed by atoms with van der Waals surface area (Å²) in [4.78, 5) is 0. The first-order valence-corrected chi connectivity index (χ1v) is 4.05. The molecule has 0 amide bonds. The molecule has 0 aromatic carbocycles. The molecule has 0 aromatic rings. The van der Waals surface area contributed by atoms with Gasteiger partial charge in [-0.1, -0.05) is 23.8 Å². The number of hydrogen-bond donors (Lipinski definition) is 0. The molecule has 0 heterocycles. The van der Waals surface area contributed by atoms with Crippen LogP contribution in [-0.2, 0) is 0 Å². The van der Waals surface area contributed by atoms with Crippen LogP contribution in [0, 0.1) is 0 Å². The lowest BCUT2D eigenvalue weighted by Gasteiger charge is -1.90. The summed E-state index contributed by atoms with van der Waals surface area (Å²) in [7, 11) is 0. The highest BCUT2D eigenvalue weighted by atomic mass is 35.5. The van der Waals surface area contributed by atoms with E-state index in [0.29, 0.717) is 0 Å². The molecule has 0 radical (unpaired) electrons. The van der Waals surface area contributed by atoms with Crippen molar-refractivity contribution in [3.8, 4) is 0 Å². The molecular weight excluding hydrogens is 156 g/mol. The Morgan fingerprint density at radius 3 is 2.18 bits per heavy atom. The predicted molar refractivity (Wildman–Crippen MR) is 55.1 cm³/mol. The molecule has 1 heteroatoms. The summed E-state index contributed by atoms with van der Waals surface area (Å²) in [5.74, 6) is 0. The van der Waals surface area contributed by atoms with Crippen LogP contribution < -0.4 is 0 Å². The fourth-order valence-corrected chi connectivity index (χ4v) is 0.453. The Hall–Kier alpha value is -0.490. The third-order valence-corrected chi connectivity index (χ3v) is 1.23. The molecule has 0 saturated carbocycles. The van der Waals surface area contributed by atoms with Gasteiger partial charge >= 0.3 is 0 Å². The molecule has 1 atom stereocenters. The van der Waals surface area contributed by atoms with Crippen LogP contribution in [0.3, 0.4) is 0 Å². The normalized spacial score (nSPS) is 14.0. The molecule has 0 aliphatic carbocycles. The van der Waals surface area contributed by atoms with Gasteiger partial charge in [-0.3, -0.25) is 0 Å². The van der Waals surface area contributed by atoms with E-state index in [2.05, 4.69) is 26.2 Å². The van der Waals surface area contributed by atoms with Gasteiger partial charge in [0.25, 0.3) is 0 Å². The Labute approximate surface area is 75.3 Å². The largest absolute Gasteiger partial charge is 0.119 e. The SMILES string of the molecule is C/C=C(C)\C=C/C(C)Cl.C=C. The van der Waals surface area contributed by atoms with Crippen molar-refractivity contribution in [3.63, 3.8) is 0 Å². The van der Waals surface area contributed by atoms with E-state index >= 15 is 0 Å². The van der Waals surface area contributed by atoms with E-state index in [9.17, 15) is 0 Å². The summed E-state index contributed by atoms with van der Waals surface area (Å²) in [6.45, 7) is 12.0. The Morgan fingerprint density at radius 2 is 1.91 bits per heavy atom. The number of allylic oxidation sites excluding steroid dienone is 4. The minimum absolute atomic E-state index is 0.139. The van der Waals surface area contributed by atoms with Gasteiger partial charge in [0, 0.05) is 5.38 Å². The van der Waals surface area contributed by atoms with Crippen molar-refractivity contribution in [3.05, 3.63) is 37.0 Å². The van der Waals surface area contributed by atoms with Crippen LogP contribution in [0.25, 0.3) is 0 Å². The third kappa shape index (κ3) is 12.7. The van der Waals surface area contributed by atoms with Gasteiger partial charge in [0.1, 0.15) is 0 Å². The standard InChI is InChI=1S/C8H13Cl.C2H4/c1-4-7(2)5-6-8(3)9;1-2/h4-6,8H,1-3H3;1-2H2/b6-5-,7-4-;. The topological polar surface area (TPSA) is 0 Å². The zero-order valence-corrected chi connectivity index (χ0v) is 8.36. The summed E-state index contributed by atoms with van der Waals surface area (Å²) in [5, 5.41) is 0.139. The smallest absolute Gasteiger partial charge is 0.0490 e. The molecule has 11 heavy (non-hydrogen) atoms. The highest BCUT2D eigenvalue weighted by Crippen LogP contribution is 1.99. The summed E-state index contributed by atoms with van der Waals surface area (Å²) in [6.07, 6.45) is 6.05. The maximum absolute atomic E-state index is 5.66. The van der Waals surface area contributed by atoms with Gasteiger partial charge < -0.3 is 0 Å². The lowest BCUT2D eigenvalue weighted by Crippen LogP contribution is -1.80. The fourth-order valence-electron chi connectivity index (χ4n) is 0.381. The molecule has 0 spiro atoms. The van der Waals surface area contributed by atoms with E-state index in [-0.39, 0.29) is 5.38 Å². The molecule has 0 nitrogen and oxygen atoms in total. The molecule has 0 saturated heterocycles. The first-order chi connectivity index (χ1) is 5.16. The summed E-state index contributed by atoms with van der Waals surface area (Å²) in [6, 6.07) is 0. The molecule has 0 bridgehead atoms. The maximum atomic E-state index is 5.66. The number of alkyl halides is 1. The van der Waals surface area contributed by atoms with Gasteiger partial charge in [-0.15, -0.1) is 24.8 Å². The van der Waals surface area contributed by atoms with Gasteiger partial charge in [-0.2, -0.15) is 0 Å². The van der Waals surface area contributed by atoms with Crippen molar-refractivity contribution in [2.75, 3.05) is 0 Å². The van der Waals surface area contributed by atoms with Crippen molar-refractivity contribution < 1.29 is 0 Å². The molecule has 0 rings (SSSR count). The van der Waals surface area contributed by atoms with Crippen LogP contribution in [0.2, 0.25) is 0 Å². The molecule has 64 valence electrons. The van der Waals surface area contributed by atoms with E-state index in [1.165, 1.54) is 5.57 Å². The zero-order valence-electron chi connectivity index (χ0n) is 7.60. The maximum Gasteiger partial charge on any atom is 0.0490 e. The van der Waals surface area contributed by atoms with Crippen molar-refractivity contribution in [1.29, 1.82) is 0 Å². The van der Waals surface area contributed by atoms with Gasteiger partial charge in [0.15, 0.2) is 0 Å². The number of rotatable bonds is 2. The van der Waals surface area contributed by atoms with E-state index in [0.717, 1.165) is 0 Å². The lowest BCUT2D eigenvalue weighted by molar-refractivity contribution is 1.22. The van der Waals surface area contributed by atoms with Crippen LogP contribution in [0.15, 0.2) is 37.0 Å². The van der Waals surface area contributed by atoms with Gasteiger partial charge in [0.2, 0.25) is 0 Å². The van der Waals surface area contributed by atoms with Gasteiger partial charge in [0.05, 0.1) is 0 Å². The Balaban J connectivity index is 0. The fraction of sp³-hybridized carbons (Fsp3) is 0.400. The second kappa shape index (κ2) is 9.51. The Morgan fingerprint density at radius 1 is 1.45 bits per heavy atom. The first-order valence-electron chi connectivity index (χ1n) is 3.62. The van der Waals surface area contributed by atoms with Crippen LogP contribution in [0.4, 0.5) is 0 Å².